The van der Waals surface area contributed by atoms with E-state index >= 15 is 0 Å². The van der Waals surface area contributed by atoms with Crippen molar-refractivity contribution in [3.05, 3.63) is 29.8 Å². The Morgan fingerprint density at radius 2 is 1.85 bits per heavy atom. The molecule has 0 saturated carbocycles. The monoisotopic (exact) mass is 300 g/mol. The Morgan fingerprint density at radius 1 is 1.20 bits per heavy atom. The Hall–Kier alpha value is -0.910. The zero-order chi connectivity index (χ0) is 15.3. The molecule has 1 aromatic carbocycles. The maximum atomic E-state index is 11.5. The molecule has 0 aliphatic heterocycles. The van der Waals surface area contributed by atoms with Gasteiger partial charge in [0.1, 0.15) is 0 Å². The molecule has 0 aliphatic carbocycles. The standard InChI is InChI=1S/C15H24O4S/c1-4-6-14(16)15(17)9-11(2)12-7-5-8-13(10-12)20(3,18)19/h5,7-8,10-11,14-17H,4,6,9H2,1-3H3. The van der Waals surface area contributed by atoms with Gasteiger partial charge in [-0.3, -0.25) is 0 Å². The summed E-state index contributed by atoms with van der Waals surface area (Å²) >= 11 is 0. The van der Waals surface area contributed by atoms with Crippen molar-refractivity contribution in [3.63, 3.8) is 0 Å². The molecule has 0 heterocycles. The summed E-state index contributed by atoms with van der Waals surface area (Å²) in [4.78, 5) is 0.283. The maximum absolute atomic E-state index is 11.5. The highest BCUT2D eigenvalue weighted by Crippen LogP contribution is 2.24. The smallest absolute Gasteiger partial charge is 0.175 e. The van der Waals surface area contributed by atoms with Crippen LogP contribution >= 0.6 is 0 Å². The highest BCUT2D eigenvalue weighted by atomic mass is 32.2. The van der Waals surface area contributed by atoms with Crippen molar-refractivity contribution < 1.29 is 18.6 Å². The van der Waals surface area contributed by atoms with Crippen LogP contribution in [0, 0.1) is 0 Å². The number of rotatable bonds is 7. The Kier molecular flexibility index (Phi) is 6.17. The van der Waals surface area contributed by atoms with E-state index in [0.717, 1.165) is 12.0 Å². The van der Waals surface area contributed by atoms with Crippen LogP contribution in [0.5, 0.6) is 0 Å². The van der Waals surface area contributed by atoms with Crippen LogP contribution in [0.1, 0.15) is 44.6 Å². The van der Waals surface area contributed by atoms with Gasteiger partial charge < -0.3 is 10.2 Å². The average molecular weight is 300 g/mol. The molecule has 20 heavy (non-hydrogen) atoms. The third-order valence-electron chi connectivity index (χ3n) is 3.48. The molecule has 2 N–H and O–H groups in total. The van der Waals surface area contributed by atoms with Crippen molar-refractivity contribution in [1.29, 1.82) is 0 Å². The summed E-state index contributed by atoms with van der Waals surface area (Å²) in [6, 6.07) is 6.75. The molecule has 114 valence electrons. The van der Waals surface area contributed by atoms with Crippen LogP contribution in [0.15, 0.2) is 29.2 Å². The minimum atomic E-state index is -3.22. The molecule has 0 saturated heterocycles. The van der Waals surface area contributed by atoms with Gasteiger partial charge in [0.2, 0.25) is 0 Å². The second-order valence-electron chi connectivity index (χ2n) is 5.40. The fraction of sp³-hybridized carbons (Fsp3) is 0.600. The molecular formula is C15H24O4S. The van der Waals surface area contributed by atoms with Gasteiger partial charge in [0.05, 0.1) is 17.1 Å². The lowest BCUT2D eigenvalue weighted by Crippen LogP contribution is -2.27. The van der Waals surface area contributed by atoms with Crippen molar-refractivity contribution >= 4 is 9.84 Å². The highest BCUT2D eigenvalue weighted by Gasteiger charge is 2.20. The molecule has 0 bridgehead atoms. The molecule has 0 amide bonds. The third-order valence-corrected chi connectivity index (χ3v) is 4.59. The molecule has 0 spiro atoms. The molecule has 1 rings (SSSR count). The lowest BCUT2D eigenvalue weighted by atomic mass is 9.92. The molecule has 1 aromatic rings. The summed E-state index contributed by atoms with van der Waals surface area (Å²) in [5.74, 6) is -0.0155. The topological polar surface area (TPSA) is 74.6 Å². The summed E-state index contributed by atoms with van der Waals surface area (Å²) in [7, 11) is -3.22. The Morgan fingerprint density at radius 3 is 2.40 bits per heavy atom. The second kappa shape index (κ2) is 7.20. The average Bonchev–Trinajstić information content (AvgIpc) is 2.38. The Balaban J connectivity index is 2.80. The minimum absolute atomic E-state index is 0.0155. The van der Waals surface area contributed by atoms with Crippen molar-refractivity contribution in [2.45, 2.75) is 56.1 Å². The lowest BCUT2D eigenvalue weighted by molar-refractivity contribution is 0.00637. The van der Waals surface area contributed by atoms with Crippen LogP contribution < -0.4 is 0 Å². The molecule has 3 atom stereocenters. The number of hydrogen-bond acceptors (Lipinski definition) is 4. The van der Waals surface area contributed by atoms with Gasteiger partial charge in [0.15, 0.2) is 9.84 Å². The van der Waals surface area contributed by atoms with Gasteiger partial charge in [-0.2, -0.15) is 0 Å². The molecule has 5 heteroatoms. The normalized spacial score (nSPS) is 16.6. The van der Waals surface area contributed by atoms with Crippen LogP contribution in [0.4, 0.5) is 0 Å². The number of benzene rings is 1. The molecule has 0 fully saturated rings. The fourth-order valence-electron chi connectivity index (χ4n) is 2.20. The van der Waals surface area contributed by atoms with E-state index in [1.54, 1.807) is 18.2 Å². The number of hydrogen-bond donors (Lipinski definition) is 2. The first-order chi connectivity index (χ1) is 9.25. The van der Waals surface area contributed by atoms with E-state index in [4.69, 9.17) is 0 Å². The SMILES string of the molecule is CCCC(O)C(O)CC(C)c1cccc(S(C)(=O)=O)c1. The molecule has 0 radical (unpaired) electrons. The van der Waals surface area contributed by atoms with Gasteiger partial charge in [-0.25, -0.2) is 8.42 Å². The number of sulfone groups is 1. The Labute approximate surface area is 121 Å². The summed E-state index contributed by atoms with van der Waals surface area (Å²) < 4.78 is 23.1. The molecule has 3 unspecified atom stereocenters. The largest absolute Gasteiger partial charge is 0.390 e. The Bertz CT molecular complexity index is 524. The van der Waals surface area contributed by atoms with Gasteiger partial charge in [-0.15, -0.1) is 0 Å². The third kappa shape index (κ3) is 4.89. The second-order valence-corrected chi connectivity index (χ2v) is 7.42. The first-order valence-corrected chi connectivity index (χ1v) is 8.81. The van der Waals surface area contributed by atoms with E-state index in [2.05, 4.69) is 0 Å². The predicted molar refractivity (Wildman–Crippen MR) is 79.5 cm³/mol. The van der Waals surface area contributed by atoms with E-state index in [0.29, 0.717) is 12.8 Å². The van der Waals surface area contributed by atoms with E-state index in [9.17, 15) is 18.6 Å². The van der Waals surface area contributed by atoms with Crippen LogP contribution in [-0.4, -0.2) is 37.1 Å². The predicted octanol–water partition coefficient (Wildman–Crippen LogP) is 2.11. The number of aliphatic hydroxyl groups excluding tert-OH is 2. The lowest BCUT2D eigenvalue weighted by Gasteiger charge is -2.21. The van der Waals surface area contributed by atoms with Gasteiger partial charge in [0.25, 0.3) is 0 Å². The van der Waals surface area contributed by atoms with E-state index in [1.807, 2.05) is 19.9 Å². The zero-order valence-corrected chi connectivity index (χ0v) is 13.1. The van der Waals surface area contributed by atoms with Gasteiger partial charge in [-0.05, 0) is 36.5 Å². The van der Waals surface area contributed by atoms with Crippen molar-refractivity contribution in [2.24, 2.45) is 0 Å². The minimum Gasteiger partial charge on any atom is -0.390 e. The molecule has 0 aromatic heterocycles. The first-order valence-electron chi connectivity index (χ1n) is 6.91. The summed E-state index contributed by atoms with van der Waals surface area (Å²) in [5, 5.41) is 19.7. The maximum Gasteiger partial charge on any atom is 0.175 e. The summed E-state index contributed by atoms with van der Waals surface area (Å²) in [6.07, 6.45) is 1.46. The summed E-state index contributed by atoms with van der Waals surface area (Å²) in [5.41, 5.74) is 0.857. The van der Waals surface area contributed by atoms with Crippen LogP contribution in [0.25, 0.3) is 0 Å². The van der Waals surface area contributed by atoms with Crippen molar-refractivity contribution in [2.75, 3.05) is 6.26 Å². The van der Waals surface area contributed by atoms with E-state index in [-0.39, 0.29) is 10.8 Å². The van der Waals surface area contributed by atoms with E-state index in [1.165, 1.54) is 6.26 Å². The van der Waals surface area contributed by atoms with Gasteiger partial charge in [0, 0.05) is 6.26 Å². The van der Waals surface area contributed by atoms with Crippen molar-refractivity contribution in [3.8, 4) is 0 Å². The van der Waals surface area contributed by atoms with E-state index < -0.39 is 22.0 Å². The van der Waals surface area contributed by atoms with Crippen LogP contribution in [0.2, 0.25) is 0 Å². The summed E-state index contributed by atoms with van der Waals surface area (Å²) in [6.45, 7) is 3.87. The first kappa shape index (κ1) is 17.1. The fourth-order valence-corrected chi connectivity index (χ4v) is 2.87. The highest BCUT2D eigenvalue weighted by molar-refractivity contribution is 7.90. The molecular weight excluding hydrogens is 276 g/mol. The number of aliphatic hydroxyl groups is 2. The quantitative estimate of drug-likeness (QED) is 0.808. The van der Waals surface area contributed by atoms with Gasteiger partial charge in [-0.1, -0.05) is 32.4 Å². The van der Waals surface area contributed by atoms with Gasteiger partial charge >= 0.3 is 0 Å². The zero-order valence-electron chi connectivity index (χ0n) is 12.3. The van der Waals surface area contributed by atoms with Crippen LogP contribution in [-0.2, 0) is 9.84 Å². The molecule has 4 nitrogen and oxygen atoms in total. The van der Waals surface area contributed by atoms with Crippen molar-refractivity contribution in [1.82, 2.24) is 0 Å². The molecule has 0 aliphatic rings. The van der Waals surface area contributed by atoms with Crippen LogP contribution in [0.3, 0.4) is 0 Å².